The third-order valence-corrected chi connectivity index (χ3v) is 9.19. The number of aryl methyl sites for hydroxylation is 3. The number of nitrogens with zero attached hydrogens (tertiary/aromatic N) is 2. The summed E-state index contributed by atoms with van der Waals surface area (Å²) in [5.41, 5.74) is 15.4. The maximum atomic E-state index is 2.50. The molecule has 0 radical (unpaired) electrons. The molecule has 8 rings (SSSR count). The Hall–Kier alpha value is -4.28. The van der Waals surface area contributed by atoms with Crippen molar-refractivity contribution in [1.29, 1.82) is 0 Å². The summed E-state index contributed by atoms with van der Waals surface area (Å²) in [5, 5.41) is 3.59. The first-order valence-electron chi connectivity index (χ1n) is 13.6. The molecule has 0 fully saturated rings. The van der Waals surface area contributed by atoms with Crippen LogP contribution < -0.4 is 26.2 Å². The summed E-state index contributed by atoms with van der Waals surface area (Å²) >= 11 is 1.83. The van der Waals surface area contributed by atoms with Crippen LogP contribution in [-0.2, 0) is 0 Å². The Kier molecular flexibility index (Phi) is 4.86. The topological polar surface area (TPSA) is 6.48 Å². The minimum absolute atomic E-state index is 0.156. The maximum absolute atomic E-state index is 2.50. The van der Waals surface area contributed by atoms with Gasteiger partial charge in [-0.2, -0.15) is 0 Å². The molecule has 0 spiro atoms. The number of thiophene rings is 1. The summed E-state index contributed by atoms with van der Waals surface area (Å²) in [4.78, 5) is 4.97. The van der Waals surface area contributed by atoms with Gasteiger partial charge in [0.2, 0.25) is 0 Å². The zero-order valence-electron chi connectivity index (χ0n) is 22.3. The molecule has 2 aliphatic heterocycles. The van der Waals surface area contributed by atoms with E-state index in [4.69, 9.17) is 0 Å². The van der Waals surface area contributed by atoms with E-state index in [1.165, 1.54) is 77.3 Å². The van der Waals surface area contributed by atoms with E-state index in [9.17, 15) is 0 Å². The standard InChI is InChI=1S/C35H27BN2S/c1-22-8-12-25(13-9-22)37-29-7-5-4-6-28(29)36-34-27-18-19-39-33(27)17-16-30(34)38(26-14-10-23(2)11-15-26)32-21-24(3)20-31(37)35(32)36/h4-21H,1-3H3. The van der Waals surface area contributed by atoms with Gasteiger partial charge in [0, 0.05) is 38.8 Å². The van der Waals surface area contributed by atoms with Crippen molar-refractivity contribution in [2.24, 2.45) is 0 Å². The fourth-order valence-corrected chi connectivity index (χ4v) is 7.38. The summed E-state index contributed by atoms with van der Waals surface area (Å²) < 4.78 is 1.34. The molecule has 0 atom stereocenters. The Morgan fingerprint density at radius 2 is 1.15 bits per heavy atom. The minimum Gasteiger partial charge on any atom is -0.311 e. The van der Waals surface area contributed by atoms with Crippen LogP contribution in [0.5, 0.6) is 0 Å². The van der Waals surface area contributed by atoms with Gasteiger partial charge in [-0.25, -0.2) is 0 Å². The molecular formula is C35H27BN2S. The average molecular weight is 518 g/mol. The molecule has 0 aliphatic carbocycles. The monoisotopic (exact) mass is 518 g/mol. The predicted octanol–water partition coefficient (Wildman–Crippen LogP) is 7.91. The summed E-state index contributed by atoms with van der Waals surface area (Å²) in [6, 6.07) is 38.7. The average Bonchev–Trinajstić information content (AvgIpc) is 3.43. The normalized spacial score (nSPS) is 13.4. The molecule has 0 saturated heterocycles. The maximum Gasteiger partial charge on any atom is 0.252 e. The summed E-state index contributed by atoms with van der Waals surface area (Å²) in [5.74, 6) is 0. The van der Waals surface area contributed by atoms with Crippen LogP contribution in [0.15, 0.2) is 109 Å². The van der Waals surface area contributed by atoms with Crippen LogP contribution in [-0.4, -0.2) is 6.71 Å². The van der Waals surface area contributed by atoms with Gasteiger partial charge in [0.1, 0.15) is 0 Å². The Labute approximate surface area is 233 Å². The van der Waals surface area contributed by atoms with Crippen molar-refractivity contribution in [2.75, 3.05) is 9.80 Å². The SMILES string of the molecule is Cc1ccc(N2c3ccccc3B3c4c2cc(C)cc4N(c2ccc(C)cc2)c2ccc4sccc4c23)cc1. The molecule has 3 heterocycles. The van der Waals surface area contributed by atoms with Gasteiger partial charge in [-0.05, 0) is 114 Å². The Morgan fingerprint density at radius 1 is 0.538 bits per heavy atom. The van der Waals surface area contributed by atoms with Gasteiger partial charge in [0.05, 0.1) is 0 Å². The molecule has 6 aromatic rings. The van der Waals surface area contributed by atoms with Crippen molar-refractivity contribution >= 4 is 78.6 Å². The van der Waals surface area contributed by atoms with E-state index in [0.717, 1.165) is 0 Å². The van der Waals surface area contributed by atoms with Crippen molar-refractivity contribution in [3.63, 3.8) is 0 Å². The van der Waals surface area contributed by atoms with E-state index >= 15 is 0 Å². The van der Waals surface area contributed by atoms with Gasteiger partial charge >= 0.3 is 0 Å². The van der Waals surface area contributed by atoms with E-state index in [1.54, 1.807) is 0 Å². The first kappa shape index (κ1) is 22.7. The molecule has 4 heteroatoms. The first-order chi connectivity index (χ1) is 19.1. The Morgan fingerprint density at radius 3 is 1.82 bits per heavy atom. The number of rotatable bonds is 2. The fourth-order valence-electron chi connectivity index (χ4n) is 6.57. The molecule has 1 aromatic heterocycles. The van der Waals surface area contributed by atoms with Crippen LogP contribution in [0.2, 0.25) is 0 Å². The van der Waals surface area contributed by atoms with Gasteiger partial charge < -0.3 is 9.80 Å². The largest absolute Gasteiger partial charge is 0.311 e. The van der Waals surface area contributed by atoms with E-state index in [2.05, 4.69) is 139 Å². The van der Waals surface area contributed by atoms with Gasteiger partial charge in [-0.1, -0.05) is 53.6 Å². The summed E-state index contributed by atoms with van der Waals surface area (Å²) in [7, 11) is 0. The number of para-hydroxylation sites is 1. The Balaban J connectivity index is 1.51. The smallest absolute Gasteiger partial charge is 0.252 e. The molecule has 186 valence electrons. The number of benzene rings is 5. The Bertz CT molecular complexity index is 1890. The summed E-state index contributed by atoms with van der Waals surface area (Å²) in [6.45, 7) is 6.69. The lowest BCUT2D eigenvalue weighted by atomic mass is 9.33. The molecular weight excluding hydrogens is 491 g/mol. The van der Waals surface area contributed by atoms with E-state index in [-0.39, 0.29) is 6.71 Å². The van der Waals surface area contributed by atoms with Crippen molar-refractivity contribution in [1.82, 2.24) is 0 Å². The molecule has 0 unspecified atom stereocenters. The van der Waals surface area contributed by atoms with E-state index in [1.807, 2.05) is 11.3 Å². The van der Waals surface area contributed by atoms with E-state index in [0.29, 0.717) is 0 Å². The van der Waals surface area contributed by atoms with E-state index < -0.39 is 0 Å². The van der Waals surface area contributed by atoms with Crippen molar-refractivity contribution < 1.29 is 0 Å². The van der Waals surface area contributed by atoms with Crippen LogP contribution in [0.4, 0.5) is 34.1 Å². The number of hydrogen-bond donors (Lipinski definition) is 0. The number of hydrogen-bond acceptors (Lipinski definition) is 3. The number of fused-ring (bicyclic) bond motifs is 6. The third kappa shape index (κ3) is 3.28. The molecule has 0 amide bonds. The summed E-state index contributed by atoms with van der Waals surface area (Å²) in [6.07, 6.45) is 0. The molecule has 0 bridgehead atoms. The van der Waals surface area contributed by atoms with Crippen molar-refractivity contribution in [3.8, 4) is 0 Å². The quantitative estimate of drug-likeness (QED) is 0.215. The van der Waals surface area contributed by atoms with Crippen LogP contribution in [0.1, 0.15) is 16.7 Å². The molecule has 0 N–H and O–H groups in total. The molecule has 5 aromatic carbocycles. The molecule has 2 nitrogen and oxygen atoms in total. The third-order valence-electron chi connectivity index (χ3n) is 8.31. The molecule has 0 saturated carbocycles. The van der Waals surface area contributed by atoms with Crippen LogP contribution in [0.3, 0.4) is 0 Å². The zero-order chi connectivity index (χ0) is 26.2. The fraction of sp³-hybridized carbons (Fsp3) is 0.0857. The highest BCUT2D eigenvalue weighted by Gasteiger charge is 2.44. The molecule has 39 heavy (non-hydrogen) atoms. The highest BCUT2D eigenvalue weighted by Crippen LogP contribution is 2.45. The van der Waals surface area contributed by atoms with Crippen LogP contribution in [0, 0.1) is 20.8 Å². The van der Waals surface area contributed by atoms with Crippen LogP contribution in [0.25, 0.3) is 10.1 Å². The highest BCUT2D eigenvalue weighted by molar-refractivity contribution is 7.17. The second-order valence-corrected chi connectivity index (χ2v) is 11.8. The highest BCUT2D eigenvalue weighted by atomic mass is 32.1. The second kappa shape index (κ2) is 8.36. The van der Waals surface area contributed by atoms with Gasteiger partial charge in [0.15, 0.2) is 0 Å². The predicted molar refractivity (Wildman–Crippen MR) is 170 cm³/mol. The zero-order valence-corrected chi connectivity index (χ0v) is 23.1. The minimum atomic E-state index is 0.156. The lowest BCUT2D eigenvalue weighted by Crippen LogP contribution is -2.61. The van der Waals surface area contributed by atoms with Gasteiger partial charge in [-0.15, -0.1) is 11.3 Å². The lowest BCUT2D eigenvalue weighted by molar-refractivity contribution is 1.24. The van der Waals surface area contributed by atoms with Gasteiger partial charge in [-0.3, -0.25) is 0 Å². The lowest BCUT2D eigenvalue weighted by Gasteiger charge is -2.44. The molecule has 2 aliphatic rings. The number of anilines is 6. The van der Waals surface area contributed by atoms with Crippen molar-refractivity contribution in [2.45, 2.75) is 20.8 Å². The first-order valence-corrected chi connectivity index (χ1v) is 14.4. The van der Waals surface area contributed by atoms with Gasteiger partial charge in [0.25, 0.3) is 6.71 Å². The van der Waals surface area contributed by atoms with Crippen LogP contribution >= 0.6 is 11.3 Å². The second-order valence-electron chi connectivity index (χ2n) is 10.9. The van der Waals surface area contributed by atoms with Crippen molar-refractivity contribution in [3.05, 3.63) is 125 Å².